The number of carbonyl (C=O) groups is 1. The molecule has 24 heavy (non-hydrogen) atoms. The Hall–Kier alpha value is -2.41. The minimum atomic E-state index is -0.516. The maximum Gasteiger partial charge on any atom is 0.330 e. The third kappa shape index (κ3) is 4.32. The molecule has 1 aliphatic heterocycles. The van der Waals surface area contributed by atoms with Crippen molar-refractivity contribution in [3.05, 3.63) is 40.0 Å². The molecule has 1 fully saturated rings. The first-order chi connectivity index (χ1) is 11.4. The third-order valence-electron chi connectivity index (χ3n) is 4.29. The smallest absolute Gasteiger partial charge is 0.330 e. The van der Waals surface area contributed by atoms with Gasteiger partial charge < -0.3 is 14.7 Å². The lowest BCUT2D eigenvalue weighted by Crippen LogP contribution is -2.39. The maximum absolute atomic E-state index is 11.4. The molecule has 1 aromatic carbocycles. The van der Waals surface area contributed by atoms with E-state index in [2.05, 4.69) is 4.74 Å². The first kappa shape index (κ1) is 17.9. The van der Waals surface area contributed by atoms with Crippen molar-refractivity contribution < 1.29 is 19.6 Å². The number of benzene rings is 1. The highest BCUT2D eigenvalue weighted by atomic mass is 16.6. The minimum absolute atomic E-state index is 0.00624. The molecule has 1 N–H and O–H groups in total. The second-order valence-corrected chi connectivity index (χ2v) is 5.95. The van der Waals surface area contributed by atoms with Crippen LogP contribution in [0.15, 0.2) is 24.3 Å². The molecule has 130 valence electrons. The van der Waals surface area contributed by atoms with Crippen molar-refractivity contribution >= 4 is 23.4 Å². The summed E-state index contributed by atoms with van der Waals surface area (Å²) in [5.41, 5.74) is 1.09. The van der Waals surface area contributed by atoms with Crippen LogP contribution in [0.2, 0.25) is 0 Å². The van der Waals surface area contributed by atoms with Gasteiger partial charge in [0.1, 0.15) is 5.69 Å². The Morgan fingerprint density at radius 2 is 2.29 bits per heavy atom. The Bertz CT molecular complexity index is 642. The van der Waals surface area contributed by atoms with Crippen LogP contribution in [-0.2, 0) is 9.53 Å². The lowest BCUT2D eigenvalue weighted by atomic mass is 9.93. The highest BCUT2D eigenvalue weighted by molar-refractivity contribution is 5.87. The van der Waals surface area contributed by atoms with E-state index in [1.165, 1.54) is 25.3 Å². The van der Waals surface area contributed by atoms with Crippen LogP contribution in [0.3, 0.4) is 0 Å². The number of ether oxygens (including phenoxy) is 1. The van der Waals surface area contributed by atoms with Gasteiger partial charge in [-0.2, -0.15) is 0 Å². The molecule has 0 saturated carbocycles. The lowest BCUT2D eigenvalue weighted by molar-refractivity contribution is -0.384. The molecule has 7 heteroatoms. The maximum atomic E-state index is 11.4. The summed E-state index contributed by atoms with van der Waals surface area (Å²) in [6, 6.07) is 4.87. The van der Waals surface area contributed by atoms with E-state index in [-0.39, 0.29) is 11.6 Å². The number of hydrogen-bond acceptors (Lipinski definition) is 6. The van der Waals surface area contributed by atoms with Gasteiger partial charge >= 0.3 is 5.97 Å². The molecular weight excluding hydrogens is 312 g/mol. The number of anilines is 1. The number of methoxy groups -OCH3 is 1. The molecule has 1 heterocycles. The van der Waals surface area contributed by atoms with Crippen LogP contribution in [0.5, 0.6) is 0 Å². The molecule has 0 aromatic heterocycles. The molecule has 0 amide bonds. The van der Waals surface area contributed by atoms with Crippen LogP contribution < -0.4 is 4.90 Å². The van der Waals surface area contributed by atoms with Crippen molar-refractivity contribution in [3.8, 4) is 0 Å². The number of nitro benzene ring substituents is 1. The highest BCUT2D eigenvalue weighted by Gasteiger charge is 2.27. The third-order valence-corrected chi connectivity index (χ3v) is 4.29. The van der Waals surface area contributed by atoms with E-state index in [0.717, 1.165) is 19.4 Å². The monoisotopic (exact) mass is 334 g/mol. The molecule has 1 aromatic rings. The molecule has 0 spiro atoms. The van der Waals surface area contributed by atoms with Crippen LogP contribution in [0, 0.1) is 16.0 Å². The Morgan fingerprint density at radius 3 is 2.92 bits per heavy atom. The summed E-state index contributed by atoms with van der Waals surface area (Å²) in [5, 5.41) is 21.2. The van der Waals surface area contributed by atoms with E-state index in [0.29, 0.717) is 17.8 Å². The second-order valence-electron chi connectivity index (χ2n) is 5.95. The molecule has 2 rings (SSSR count). The van der Waals surface area contributed by atoms with E-state index in [4.69, 9.17) is 0 Å². The average molecular weight is 334 g/mol. The van der Waals surface area contributed by atoms with Crippen molar-refractivity contribution in [2.75, 3.05) is 25.1 Å². The van der Waals surface area contributed by atoms with Gasteiger partial charge in [-0.25, -0.2) is 4.79 Å². The number of nitro groups is 1. The van der Waals surface area contributed by atoms with Gasteiger partial charge in [0.25, 0.3) is 5.69 Å². The largest absolute Gasteiger partial charge is 0.466 e. The average Bonchev–Trinajstić information content (AvgIpc) is 2.59. The summed E-state index contributed by atoms with van der Waals surface area (Å²) in [5.74, 6) is -0.408. The normalized spacial score (nSPS) is 19.3. The van der Waals surface area contributed by atoms with Crippen LogP contribution in [0.1, 0.15) is 25.3 Å². The van der Waals surface area contributed by atoms with Gasteiger partial charge in [0.05, 0.1) is 18.1 Å². The predicted octanol–water partition coefficient (Wildman–Crippen LogP) is 2.38. The zero-order valence-electron chi connectivity index (χ0n) is 13.8. The zero-order chi connectivity index (χ0) is 17.7. The van der Waals surface area contributed by atoms with Crippen molar-refractivity contribution in [1.29, 1.82) is 0 Å². The standard InChI is InChI=1S/C17H22N2O5/c1-12(20)14-4-3-9-18(11-14)15-7-5-13(6-8-17(21)24-2)10-16(15)19(22)23/h5-8,10,12,14,20H,3-4,9,11H2,1-2H3/b8-6+. The molecular formula is C17H22N2O5. The van der Waals surface area contributed by atoms with Gasteiger partial charge in [0.2, 0.25) is 0 Å². The summed E-state index contributed by atoms with van der Waals surface area (Å²) in [7, 11) is 1.27. The topological polar surface area (TPSA) is 92.9 Å². The van der Waals surface area contributed by atoms with Crippen LogP contribution in [0.4, 0.5) is 11.4 Å². The van der Waals surface area contributed by atoms with E-state index >= 15 is 0 Å². The van der Waals surface area contributed by atoms with Gasteiger partial charge in [0, 0.05) is 31.1 Å². The van der Waals surface area contributed by atoms with Crippen LogP contribution in [0.25, 0.3) is 6.08 Å². The second kappa shape index (κ2) is 7.92. The number of hydrogen-bond donors (Lipinski definition) is 1. The minimum Gasteiger partial charge on any atom is -0.466 e. The van der Waals surface area contributed by atoms with Crippen molar-refractivity contribution in [2.45, 2.75) is 25.9 Å². The lowest BCUT2D eigenvalue weighted by Gasteiger charge is -2.35. The van der Waals surface area contributed by atoms with Crippen molar-refractivity contribution in [3.63, 3.8) is 0 Å². The number of aliphatic hydroxyl groups is 1. The fourth-order valence-corrected chi connectivity index (χ4v) is 2.91. The quantitative estimate of drug-likeness (QED) is 0.385. The number of nitrogens with zero attached hydrogens (tertiary/aromatic N) is 2. The Morgan fingerprint density at radius 1 is 1.54 bits per heavy atom. The van der Waals surface area contributed by atoms with Gasteiger partial charge in [-0.15, -0.1) is 0 Å². The van der Waals surface area contributed by atoms with Gasteiger partial charge in [0.15, 0.2) is 0 Å². The molecule has 0 bridgehead atoms. The zero-order valence-corrected chi connectivity index (χ0v) is 13.8. The first-order valence-electron chi connectivity index (χ1n) is 7.90. The van der Waals surface area contributed by atoms with Crippen LogP contribution in [-0.4, -0.2) is 42.3 Å². The van der Waals surface area contributed by atoms with Crippen LogP contribution >= 0.6 is 0 Å². The number of rotatable bonds is 5. The molecule has 2 unspecified atom stereocenters. The summed E-state index contributed by atoms with van der Waals surface area (Å²) in [4.78, 5) is 24.1. The number of carbonyl (C=O) groups excluding carboxylic acids is 1. The highest BCUT2D eigenvalue weighted by Crippen LogP contribution is 2.33. The Labute approximate surface area is 140 Å². The number of esters is 1. The Kier molecular flexibility index (Phi) is 5.92. The summed E-state index contributed by atoms with van der Waals surface area (Å²) < 4.78 is 4.51. The molecule has 0 aliphatic carbocycles. The first-order valence-corrected chi connectivity index (χ1v) is 7.90. The van der Waals surface area contributed by atoms with Crippen molar-refractivity contribution in [2.24, 2.45) is 5.92 Å². The predicted molar refractivity (Wildman–Crippen MR) is 90.8 cm³/mol. The molecule has 2 atom stereocenters. The fraction of sp³-hybridized carbons (Fsp3) is 0.471. The molecule has 7 nitrogen and oxygen atoms in total. The van der Waals surface area contributed by atoms with Crippen molar-refractivity contribution in [1.82, 2.24) is 0 Å². The molecule has 1 aliphatic rings. The molecule has 1 saturated heterocycles. The Balaban J connectivity index is 2.28. The fourth-order valence-electron chi connectivity index (χ4n) is 2.91. The number of piperidine rings is 1. The summed E-state index contributed by atoms with van der Waals surface area (Å²) >= 11 is 0. The summed E-state index contributed by atoms with van der Waals surface area (Å²) in [6.45, 7) is 3.07. The molecule has 0 radical (unpaired) electrons. The van der Waals surface area contributed by atoms with E-state index in [9.17, 15) is 20.0 Å². The number of aliphatic hydroxyl groups excluding tert-OH is 1. The summed E-state index contributed by atoms with van der Waals surface area (Å²) in [6.07, 6.45) is 4.08. The van der Waals surface area contributed by atoms with E-state index in [1.807, 2.05) is 4.90 Å². The van der Waals surface area contributed by atoms with Gasteiger partial charge in [-0.1, -0.05) is 6.07 Å². The van der Waals surface area contributed by atoms with E-state index in [1.54, 1.807) is 19.1 Å². The van der Waals surface area contributed by atoms with Gasteiger partial charge in [-0.3, -0.25) is 10.1 Å². The SMILES string of the molecule is COC(=O)/C=C/c1ccc(N2CCCC(C(C)O)C2)c([N+](=O)[O-])c1. The van der Waals surface area contributed by atoms with E-state index < -0.39 is 17.0 Å². The van der Waals surface area contributed by atoms with Gasteiger partial charge in [-0.05, 0) is 37.5 Å².